The molecule has 1 fully saturated rings. The Labute approximate surface area is 80.9 Å². The molecule has 3 atom stereocenters. The Hall–Kier alpha value is -0.370. The summed E-state index contributed by atoms with van der Waals surface area (Å²) < 4.78 is 0. The second-order valence-corrected chi connectivity index (χ2v) is 4.25. The van der Waals surface area contributed by atoms with Gasteiger partial charge in [0.1, 0.15) is 0 Å². The Morgan fingerprint density at radius 2 is 2.08 bits per heavy atom. The van der Waals surface area contributed by atoms with E-state index in [1.54, 1.807) is 0 Å². The highest BCUT2D eigenvalue weighted by molar-refractivity contribution is 5.86. The van der Waals surface area contributed by atoms with Crippen LogP contribution < -0.4 is 5.73 Å². The van der Waals surface area contributed by atoms with Crippen molar-refractivity contribution in [3.05, 3.63) is 0 Å². The normalized spacial score (nSPS) is 31.3. The van der Waals surface area contributed by atoms with Gasteiger partial charge in [-0.15, -0.1) is 0 Å². The van der Waals surface area contributed by atoms with Crippen LogP contribution in [0, 0.1) is 11.8 Å². The van der Waals surface area contributed by atoms with Gasteiger partial charge in [-0.05, 0) is 25.7 Å². The zero-order valence-electron chi connectivity index (χ0n) is 8.75. The van der Waals surface area contributed by atoms with Crippen molar-refractivity contribution < 1.29 is 4.79 Å². The maximum atomic E-state index is 11.7. The first-order chi connectivity index (χ1) is 6.16. The molecule has 0 spiro atoms. The average Bonchev–Trinajstić information content (AvgIpc) is 2.16. The number of hydrogen-bond acceptors (Lipinski definition) is 2. The van der Waals surface area contributed by atoms with Crippen LogP contribution in [0.1, 0.15) is 46.0 Å². The third-order valence-corrected chi connectivity index (χ3v) is 3.25. The first kappa shape index (κ1) is 10.7. The maximum Gasteiger partial charge on any atom is 0.152 e. The molecule has 76 valence electrons. The van der Waals surface area contributed by atoms with Crippen molar-refractivity contribution in [2.24, 2.45) is 17.6 Å². The Balaban J connectivity index is 2.58. The van der Waals surface area contributed by atoms with Gasteiger partial charge in [0.2, 0.25) is 0 Å². The number of hydrogen-bond donors (Lipinski definition) is 1. The Kier molecular flexibility index (Phi) is 3.91. The minimum absolute atomic E-state index is 0.263. The summed E-state index contributed by atoms with van der Waals surface area (Å²) in [4.78, 5) is 11.7. The molecule has 0 bridgehead atoms. The summed E-state index contributed by atoms with van der Waals surface area (Å²) in [5.74, 6) is 1.15. The fourth-order valence-electron chi connectivity index (χ4n) is 2.41. The molecule has 1 saturated carbocycles. The third kappa shape index (κ3) is 2.53. The average molecular weight is 183 g/mol. The minimum Gasteiger partial charge on any atom is -0.322 e. The third-order valence-electron chi connectivity index (χ3n) is 3.25. The fourth-order valence-corrected chi connectivity index (χ4v) is 2.41. The Morgan fingerprint density at radius 1 is 1.46 bits per heavy atom. The van der Waals surface area contributed by atoms with Crippen LogP contribution in [-0.4, -0.2) is 11.8 Å². The van der Waals surface area contributed by atoms with Crippen molar-refractivity contribution >= 4 is 5.78 Å². The van der Waals surface area contributed by atoms with Crippen LogP contribution in [0.4, 0.5) is 0 Å². The second-order valence-electron chi connectivity index (χ2n) is 4.25. The summed E-state index contributed by atoms with van der Waals surface area (Å²) in [5.41, 5.74) is 5.63. The fraction of sp³-hybridized carbons (Fsp3) is 0.909. The first-order valence-electron chi connectivity index (χ1n) is 5.46. The maximum absolute atomic E-state index is 11.7. The monoisotopic (exact) mass is 183 g/mol. The molecular weight excluding hydrogens is 162 g/mol. The van der Waals surface area contributed by atoms with Gasteiger partial charge in [-0.2, -0.15) is 0 Å². The summed E-state index contributed by atoms with van der Waals surface area (Å²) in [6.07, 6.45) is 5.92. The molecule has 0 saturated heterocycles. The van der Waals surface area contributed by atoms with E-state index in [0.29, 0.717) is 5.92 Å². The molecular formula is C11H21NO. The SMILES string of the molecule is CCC1CCCCC1C(=O)C(C)N. The lowest BCUT2D eigenvalue weighted by Gasteiger charge is -2.30. The summed E-state index contributed by atoms with van der Waals surface area (Å²) >= 11 is 0. The Morgan fingerprint density at radius 3 is 2.62 bits per heavy atom. The molecule has 0 radical (unpaired) electrons. The summed E-state index contributed by atoms with van der Waals surface area (Å²) in [5, 5.41) is 0. The van der Waals surface area contributed by atoms with E-state index in [9.17, 15) is 4.79 Å². The summed E-state index contributed by atoms with van der Waals surface area (Å²) in [6, 6.07) is -0.267. The Bertz CT molecular complexity index is 177. The predicted molar refractivity (Wildman–Crippen MR) is 54.4 cm³/mol. The topological polar surface area (TPSA) is 43.1 Å². The van der Waals surface area contributed by atoms with E-state index in [1.807, 2.05) is 6.92 Å². The van der Waals surface area contributed by atoms with Gasteiger partial charge >= 0.3 is 0 Å². The molecule has 0 aromatic rings. The number of carbonyl (C=O) groups excluding carboxylic acids is 1. The first-order valence-corrected chi connectivity index (χ1v) is 5.46. The molecule has 2 N–H and O–H groups in total. The predicted octanol–water partition coefficient (Wildman–Crippen LogP) is 2.12. The highest BCUT2D eigenvalue weighted by Crippen LogP contribution is 2.33. The van der Waals surface area contributed by atoms with E-state index < -0.39 is 0 Å². The number of rotatable bonds is 3. The van der Waals surface area contributed by atoms with E-state index >= 15 is 0 Å². The van der Waals surface area contributed by atoms with Crippen LogP contribution in [-0.2, 0) is 4.79 Å². The van der Waals surface area contributed by atoms with Gasteiger partial charge in [-0.1, -0.05) is 26.2 Å². The van der Waals surface area contributed by atoms with Crippen LogP contribution in [0.3, 0.4) is 0 Å². The lowest BCUT2D eigenvalue weighted by atomic mass is 9.74. The lowest BCUT2D eigenvalue weighted by molar-refractivity contribution is -0.126. The second kappa shape index (κ2) is 4.75. The molecule has 3 unspecified atom stereocenters. The van der Waals surface area contributed by atoms with Crippen LogP contribution in [0.15, 0.2) is 0 Å². The van der Waals surface area contributed by atoms with Gasteiger partial charge in [0.15, 0.2) is 5.78 Å². The van der Waals surface area contributed by atoms with Crippen LogP contribution in [0.2, 0.25) is 0 Å². The van der Waals surface area contributed by atoms with E-state index in [4.69, 9.17) is 5.73 Å². The highest BCUT2D eigenvalue weighted by atomic mass is 16.1. The molecule has 0 heterocycles. The van der Waals surface area contributed by atoms with Crippen LogP contribution in [0.5, 0.6) is 0 Å². The van der Waals surface area contributed by atoms with Crippen molar-refractivity contribution in [1.82, 2.24) is 0 Å². The van der Waals surface area contributed by atoms with Crippen LogP contribution in [0.25, 0.3) is 0 Å². The van der Waals surface area contributed by atoms with Crippen molar-refractivity contribution in [2.45, 2.75) is 52.0 Å². The zero-order chi connectivity index (χ0) is 9.84. The molecule has 0 aromatic carbocycles. The number of carbonyl (C=O) groups is 1. The van der Waals surface area contributed by atoms with Crippen molar-refractivity contribution in [3.63, 3.8) is 0 Å². The molecule has 2 nitrogen and oxygen atoms in total. The van der Waals surface area contributed by atoms with E-state index in [1.165, 1.54) is 19.3 Å². The molecule has 2 heteroatoms. The quantitative estimate of drug-likeness (QED) is 0.728. The number of ketones is 1. The highest BCUT2D eigenvalue weighted by Gasteiger charge is 2.30. The number of nitrogens with two attached hydrogens (primary N) is 1. The number of Topliss-reactive ketones (excluding diaryl/α,β-unsaturated/α-hetero) is 1. The van der Waals surface area contributed by atoms with E-state index in [-0.39, 0.29) is 17.7 Å². The van der Waals surface area contributed by atoms with Gasteiger partial charge in [0.25, 0.3) is 0 Å². The molecule has 0 amide bonds. The molecule has 1 aliphatic rings. The van der Waals surface area contributed by atoms with Gasteiger partial charge in [0.05, 0.1) is 6.04 Å². The van der Waals surface area contributed by atoms with E-state index in [2.05, 4.69) is 6.92 Å². The molecule has 0 aromatic heterocycles. The standard InChI is InChI=1S/C11H21NO/c1-3-9-6-4-5-7-10(9)11(13)8(2)12/h8-10H,3-7,12H2,1-2H3. The largest absolute Gasteiger partial charge is 0.322 e. The van der Waals surface area contributed by atoms with Gasteiger partial charge in [-0.25, -0.2) is 0 Å². The van der Waals surface area contributed by atoms with Crippen molar-refractivity contribution in [2.75, 3.05) is 0 Å². The van der Waals surface area contributed by atoms with Gasteiger partial charge in [0, 0.05) is 5.92 Å². The van der Waals surface area contributed by atoms with Crippen molar-refractivity contribution in [1.29, 1.82) is 0 Å². The van der Waals surface area contributed by atoms with Crippen LogP contribution >= 0.6 is 0 Å². The smallest absolute Gasteiger partial charge is 0.152 e. The molecule has 1 rings (SSSR count). The molecule has 1 aliphatic carbocycles. The summed E-state index contributed by atoms with van der Waals surface area (Å²) in [7, 11) is 0. The molecule has 13 heavy (non-hydrogen) atoms. The zero-order valence-corrected chi connectivity index (χ0v) is 8.75. The summed E-state index contributed by atoms with van der Waals surface area (Å²) in [6.45, 7) is 3.99. The van der Waals surface area contributed by atoms with Gasteiger partial charge < -0.3 is 5.73 Å². The minimum atomic E-state index is -0.267. The van der Waals surface area contributed by atoms with Gasteiger partial charge in [-0.3, -0.25) is 4.79 Å². The van der Waals surface area contributed by atoms with Crippen molar-refractivity contribution in [3.8, 4) is 0 Å². The molecule has 0 aliphatic heterocycles. The van der Waals surface area contributed by atoms with E-state index in [0.717, 1.165) is 12.8 Å². The lowest BCUT2D eigenvalue weighted by Crippen LogP contribution is -2.37.